The largest absolute Gasteiger partial charge is 0.245 e. The van der Waals surface area contributed by atoms with Crippen LogP contribution >= 0.6 is 11.6 Å². The summed E-state index contributed by atoms with van der Waals surface area (Å²) in [4.78, 5) is 7.97. The van der Waals surface area contributed by atoms with Gasteiger partial charge in [0.15, 0.2) is 0 Å². The third-order valence-electron chi connectivity index (χ3n) is 1.70. The van der Waals surface area contributed by atoms with E-state index in [1.165, 1.54) is 6.33 Å². The van der Waals surface area contributed by atoms with Crippen LogP contribution in [0, 0.1) is 0 Å². The van der Waals surface area contributed by atoms with Gasteiger partial charge in [-0.2, -0.15) is 0 Å². The van der Waals surface area contributed by atoms with Crippen LogP contribution in [0.5, 0.6) is 0 Å². The van der Waals surface area contributed by atoms with Gasteiger partial charge in [0.05, 0.1) is 5.69 Å². The van der Waals surface area contributed by atoms with E-state index >= 15 is 0 Å². The third kappa shape index (κ3) is 1.84. The highest BCUT2D eigenvalue weighted by atomic mass is 35.5. The zero-order valence-corrected chi connectivity index (χ0v) is 7.57. The summed E-state index contributed by atoms with van der Waals surface area (Å²) in [5.74, 6) is 0. The van der Waals surface area contributed by atoms with Crippen LogP contribution in [0.15, 0.2) is 42.9 Å². The fourth-order valence-corrected chi connectivity index (χ4v) is 1.30. The molecule has 13 heavy (non-hydrogen) atoms. The van der Waals surface area contributed by atoms with Gasteiger partial charge in [-0.3, -0.25) is 0 Å². The molecule has 1 aromatic heterocycles. The summed E-state index contributed by atoms with van der Waals surface area (Å²) in [6.45, 7) is 0. The smallest absolute Gasteiger partial charge is 0.116 e. The molecular weight excluding hydrogens is 184 g/mol. The molecule has 0 aliphatic rings. The maximum Gasteiger partial charge on any atom is 0.116 e. The first-order chi connectivity index (χ1) is 6.36. The van der Waals surface area contributed by atoms with Gasteiger partial charge in [-0.25, -0.2) is 9.97 Å². The second-order valence-electron chi connectivity index (χ2n) is 2.60. The molecule has 0 aliphatic carbocycles. The van der Waals surface area contributed by atoms with Crippen LogP contribution in [-0.2, 0) is 0 Å². The Labute approximate surface area is 81.2 Å². The first-order valence-corrected chi connectivity index (χ1v) is 4.26. The Morgan fingerprint density at radius 2 is 2.08 bits per heavy atom. The number of benzene rings is 1. The van der Waals surface area contributed by atoms with Gasteiger partial charge in [0.2, 0.25) is 0 Å². The summed E-state index contributed by atoms with van der Waals surface area (Å²) in [6.07, 6.45) is 3.24. The van der Waals surface area contributed by atoms with E-state index in [4.69, 9.17) is 11.6 Å². The lowest BCUT2D eigenvalue weighted by Gasteiger charge is -1.98. The number of nitrogens with zero attached hydrogens (tertiary/aromatic N) is 2. The molecule has 2 aromatic rings. The van der Waals surface area contributed by atoms with E-state index in [9.17, 15) is 0 Å². The van der Waals surface area contributed by atoms with Gasteiger partial charge in [0, 0.05) is 16.8 Å². The van der Waals surface area contributed by atoms with Crippen LogP contribution < -0.4 is 0 Å². The molecule has 1 aromatic carbocycles. The molecule has 0 amide bonds. The minimum absolute atomic E-state index is 0.719. The predicted octanol–water partition coefficient (Wildman–Crippen LogP) is 2.80. The van der Waals surface area contributed by atoms with Crippen molar-refractivity contribution in [3.05, 3.63) is 47.9 Å². The summed E-state index contributed by atoms with van der Waals surface area (Å²) in [5, 5.41) is 0.719. The van der Waals surface area contributed by atoms with E-state index in [-0.39, 0.29) is 0 Å². The summed E-state index contributed by atoms with van der Waals surface area (Å²) in [5.41, 5.74) is 1.90. The summed E-state index contributed by atoms with van der Waals surface area (Å²) in [6, 6.07) is 9.44. The molecule has 0 saturated carbocycles. The molecule has 3 heteroatoms. The zero-order valence-electron chi connectivity index (χ0n) is 6.81. The molecule has 0 bridgehead atoms. The average molecular weight is 191 g/mol. The monoisotopic (exact) mass is 190 g/mol. The standard InChI is InChI=1S/C10H7ClN2/c11-9-3-1-2-8(6-9)10-4-5-12-7-13-10/h1-7H. The Hall–Kier alpha value is -1.41. The fraction of sp³-hybridized carbons (Fsp3) is 0. The van der Waals surface area contributed by atoms with Crippen LogP contribution in [0.4, 0.5) is 0 Å². The molecule has 0 aliphatic heterocycles. The van der Waals surface area contributed by atoms with E-state index in [2.05, 4.69) is 9.97 Å². The molecule has 2 nitrogen and oxygen atoms in total. The number of hydrogen-bond acceptors (Lipinski definition) is 2. The maximum atomic E-state index is 5.85. The Balaban J connectivity index is 2.48. The van der Waals surface area contributed by atoms with Crippen LogP contribution in [0.1, 0.15) is 0 Å². The molecule has 0 spiro atoms. The quantitative estimate of drug-likeness (QED) is 0.691. The Morgan fingerprint density at radius 1 is 1.15 bits per heavy atom. The average Bonchev–Trinajstić information content (AvgIpc) is 2.19. The van der Waals surface area contributed by atoms with Crippen molar-refractivity contribution < 1.29 is 0 Å². The van der Waals surface area contributed by atoms with Gasteiger partial charge < -0.3 is 0 Å². The molecule has 2 rings (SSSR count). The molecule has 64 valence electrons. The second-order valence-corrected chi connectivity index (χ2v) is 3.04. The zero-order chi connectivity index (χ0) is 9.10. The van der Waals surface area contributed by atoms with E-state index in [0.717, 1.165) is 16.3 Å². The first kappa shape index (κ1) is 8.20. The molecule has 0 fully saturated rings. The number of halogens is 1. The predicted molar refractivity (Wildman–Crippen MR) is 52.5 cm³/mol. The minimum Gasteiger partial charge on any atom is -0.245 e. The molecular formula is C10H7ClN2. The normalized spacial score (nSPS) is 9.92. The van der Waals surface area contributed by atoms with Crippen molar-refractivity contribution >= 4 is 11.6 Å². The molecule has 0 saturated heterocycles. The van der Waals surface area contributed by atoms with Gasteiger partial charge in [-0.05, 0) is 18.2 Å². The van der Waals surface area contributed by atoms with E-state index < -0.39 is 0 Å². The lowest BCUT2D eigenvalue weighted by atomic mass is 10.1. The third-order valence-corrected chi connectivity index (χ3v) is 1.94. The van der Waals surface area contributed by atoms with Crippen LogP contribution in [0.25, 0.3) is 11.3 Å². The number of rotatable bonds is 1. The topological polar surface area (TPSA) is 25.8 Å². The lowest BCUT2D eigenvalue weighted by molar-refractivity contribution is 1.17. The molecule has 0 unspecified atom stereocenters. The lowest BCUT2D eigenvalue weighted by Crippen LogP contribution is -1.82. The Morgan fingerprint density at radius 3 is 2.77 bits per heavy atom. The SMILES string of the molecule is Clc1cccc(-c2ccncn2)c1. The van der Waals surface area contributed by atoms with Gasteiger partial charge >= 0.3 is 0 Å². The van der Waals surface area contributed by atoms with Crippen molar-refractivity contribution in [2.24, 2.45) is 0 Å². The first-order valence-electron chi connectivity index (χ1n) is 3.88. The summed E-state index contributed by atoms with van der Waals surface area (Å²) in [7, 11) is 0. The van der Waals surface area contributed by atoms with Crippen molar-refractivity contribution in [2.75, 3.05) is 0 Å². The molecule has 0 atom stereocenters. The minimum atomic E-state index is 0.719. The number of hydrogen-bond donors (Lipinski definition) is 0. The van der Waals surface area contributed by atoms with E-state index in [0.29, 0.717) is 0 Å². The van der Waals surface area contributed by atoms with Crippen LogP contribution in [0.2, 0.25) is 5.02 Å². The van der Waals surface area contributed by atoms with Crippen LogP contribution in [-0.4, -0.2) is 9.97 Å². The van der Waals surface area contributed by atoms with Crippen molar-refractivity contribution in [1.82, 2.24) is 9.97 Å². The Bertz CT molecular complexity index is 401. The Kier molecular flexibility index (Phi) is 2.23. The maximum absolute atomic E-state index is 5.85. The van der Waals surface area contributed by atoms with Gasteiger partial charge in [0.25, 0.3) is 0 Å². The van der Waals surface area contributed by atoms with Crippen molar-refractivity contribution in [3.8, 4) is 11.3 Å². The molecule has 0 N–H and O–H groups in total. The number of aromatic nitrogens is 2. The highest BCUT2D eigenvalue weighted by Crippen LogP contribution is 2.19. The van der Waals surface area contributed by atoms with Crippen molar-refractivity contribution in [1.29, 1.82) is 0 Å². The van der Waals surface area contributed by atoms with Gasteiger partial charge in [-0.1, -0.05) is 23.7 Å². The molecule has 0 radical (unpaired) electrons. The highest BCUT2D eigenvalue weighted by Gasteiger charge is 1.97. The van der Waals surface area contributed by atoms with Crippen LogP contribution in [0.3, 0.4) is 0 Å². The van der Waals surface area contributed by atoms with Crippen molar-refractivity contribution in [3.63, 3.8) is 0 Å². The van der Waals surface area contributed by atoms with Gasteiger partial charge in [-0.15, -0.1) is 0 Å². The molecule has 1 heterocycles. The van der Waals surface area contributed by atoms with Gasteiger partial charge in [0.1, 0.15) is 6.33 Å². The van der Waals surface area contributed by atoms with E-state index in [1.54, 1.807) is 6.20 Å². The second kappa shape index (κ2) is 3.54. The summed E-state index contributed by atoms with van der Waals surface area (Å²) >= 11 is 5.85. The summed E-state index contributed by atoms with van der Waals surface area (Å²) < 4.78 is 0. The van der Waals surface area contributed by atoms with E-state index in [1.807, 2.05) is 30.3 Å². The fourth-order valence-electron chi connectivity index (χ4n) is 1.11. The highest BCUT2D eigenvalue weighted by molar-refractivity contribution is 6.30. The van der Waals surface area contributed by atoms with Crippen molar-refractivity contribution in [2.45, 2.75) is 0 Å².